The minimum absolute atomic E-state index is 0.211. The molecule has 196 valence electrons. The highest BCUT2D eigenvalue weighted by atomic mass is 32.2. The van der Waals surface area contributed by atoms with Gasteiger partial charge in [0, 0.05) is 17.0 Å². The van der Waals surface area contributed by atoms with Crippen LogP contribution in [-0.2, 0) is 22.4 Å². The van der Waals surface area contributed by atoms with Crippen LogP contribution in [-0.4, -0.2) is 29.5 Å². The van der Waals surface area contributed by atoms with Crippen LogP contribution in [0.25, 0.3) is 5.69 Å². The number of hydrogen-bond donors (Lipinski definition) is 1. The maximum absolute atomic E-state index is 13.5. The maximum Gasteiger partial charge on any atom is 0.341 e. The van der Waals surface area contributed by atoms with Gasteiger partial charge in [0.05, 0.1) is 23.2 Å². The highest BCUT2D eigenvalue weighted by molar-refractivity contribution is 8.00. The fourth-order valence-corrected chi connectivity index (χ4v) is 7.02. The number of methoxy groups -OCH3 is 1. The molecule has 0 spiro atoms. The molecule has 38 heavy (non-hydrogen) atoms. The second-order valence-corrected chi connectivity index (χ2v) is 11.3. The standard InChI is InChI=1S/C28H27N3O5S2/c1-3-21(38-26-28(34)36-30-31(26)19-12-8-5-9-13-19)24(32)29-25-23(27(33)35-2)20-15-14-18(16-22(20)37-25)17-10-6-4-7-11-17/h4-13,18,21H,3,14-16H2,1-2H3,(H-,29,30,32,33,34). The summed E-state index contributed by atoms with van der Waals surface area (Å²) < 4.78 is 11.4. The van der Waals surface area contributed by atoms with E-state index in [2.05, 4.69) is 22.7 Å². The SMILES string of the molecule is CCC(Sc1c([O-])on[n+]1-c1ccccc1)C(=O)Nc1sc2c(c1C(=O)OC)CCC(c1ccccc1)C2. The zero-order valence-corrected chi connectivity index (χ0v) is 22.6. The van der Waals surface area contributed by atoms with Gasteiger partial charge in [-0.25, -0.2) is 4.79 Å². The van der Waals surface area contributed by atoms with Crippen LogP contribution in [0.5, 0.6) is 5.95 Å². The Labute approximate surface area is 228 Å². The van der Waals surface area contributed by atoms with E-state index in [1.54, 1.807) is 12.1 Å². The number of nitrogens with one attached hydrogen (secondary N) is 1. The average Bonchev–Trinajstić information content (AvgIpc) is 3.50. The number of carbonyl (C=O) groups excluding carboxylic acids is 2. The van der Waals surface area contributed by atoms with Crippen LogP contribution in [0.4, 0.5) is 5.00 Å². The van der Waals surface area contributed by atoms with Gasteiger partial charge in [0.1, 0.15) is 5.00 Å². The fourth-order valence-electron chi connectivity index (χ4n) is 4.72. The summed E-state index contributed by atoms with van der Waals surface area (Å²) >= 11 is 2.53. The Morgan fingerprint density at radius 2 is 1.92 bits per heavy atom. The summed E-state index contributed by atoms with van der Waals surface area (Å²) in [7, 11) is 1.35. The summed E-state index contributed by atoms with van der Waals surface area (Å²) in [5.74, 6) is -1.02. The molecule has 0 aliphatic heterocycles. The Balaban J connectivity index is 1.39. The predicted octanol–water partition coefficient (Wildman–Crippen LogP) is 4.65. The molecular formula is C28H27N3O5S2. The molecule has 4 aromatic rings. The first-order chi connectivity index (χ1) is 18.5. The topological polar surface area (TPSA) is 108 Å². The van der Waals surface area contributed by atoms with Crippen LogP contribution < -0.4 is 15.1 Å². The van der Waals surface area contributed by atoms with Crippen molar-refractivity contribution in [3.63, 3.8) is 0 Å². The molecule has 0 bridgehead atoms. The second-order valence-electron chi connectivity index (χ2n) is 8.97. The van der Waals surface area contributed by atoms with Gasteiger partial charge in [-0.3, -0.25) is 4.79 Å². The molecule has 2 aromatic heterocycles. The predicted molar refractivity (Wildman–Crippen MR) is 143 cm³/mol. The van der Waals surface area contributed by atoms with Gasteiger partial charge in [0.25, 0.3) is 5.03 Å². The molecule has 1 amide bonds. The van der Waals surface area contributed by atoms with Gasteiger partial charge in [-0.1, -0.05) is 55.5 Å². The number of ether oxygens (including phenoxy) is 1. The summed E-state index contributed by atoms with van der Waals surface area (Å²) in [6.45, 7) is 1.87. The summed E-state index contributed by atoms with van der Waals surface area (Å²) in [6.07, 6.45) is 2.89. The van der Waals surface area contributed by atoms with E-state index in [1.165, 1.54) is 28.7 Å². The Morgan fingerprint density at radius 3 is 2.61 bits per heavy atom. The number of amides is 1. The smallest absolute Gasteiger partial charge is 0.341 e. The third kappa shape index (κ3) is 5.19. The normalized spacial score (nSPS) is 15.5. The third-order valence-corrected chi connectivity index (χ3v) is 9.22. The van der Waals surface area contributed by atoms with Gasteiger partial charge in [-0.15, -0.1) is 11.3 Å². The molecule has 2 atom stereocenters. The minimum Gasteiger partial charge on any atom is -0.538 e. The Hall–Kier alpha value is -3.63. The summed E-state index contributed by atoms with van der Waals surface area (Å²) in [4.78, 5) is 27.3. The molecule has 8 nitrogen and oxygen atoms in total. The number of para-hydroxylation sites is 1. The van der Waals surface area contributed by atoms with E-state index in [4.69, 9.17) is 9.26 Å². The maximum atomic E-state index is 13.5. The van der Waals surface area contributed by atoms with Crippen LogP contribution in [0.1, 0.15) is 52.0 Å². The average molecular weight is 550 g/mol. The molecule has 5 rings (SSSR count). The molecule has 0 saturated carbocycles. The van der Waals surface area contributed by atoms with Crippen molar-refractivity contribution in [3.05, 3.63) is 82.2 Å². The quantitative estimate of drug-likeness (QED) is 0.194. The third-order valence-electron chi connectivity index (χ3n) is 6.65. The van der Waals surface area contributed by atoms with Crippen LogP contribution in [0.2, 0.25) is 0 Å². The van der Waals surface area contributed by atoms with Crippen molar-refractivity contribution in [1.29, 1.82) is 0 Å². The van der Waals surface area contributed by atoms with Crippen molar-refractivity contribution in [2.45, 2.75) is 48.8 Å². The largest absolute Gasteiger partial charge is 0.538 e. The van der Waals surface area contributed by atoms with Gasteiger partial charge in [-0.05, 0) is 59.2 Å². The number of thioether (sulfide) groups is 1. The number of nitrogens with zero attached hydrogens (tertiary/aromatic N) is 2. The molecule has 1 aliphatic carbocycles. The number of fused-ring (bicyclic) bond motifs is 1. The van der Waals surface area contributed by atoms with Crippen molar-refractivity contribution >= 4 is 40.0 Å². The summed E-state index contributed by atoms with van der Waals surface area (Å²) in [5.41, 5.74) is 3.31. The van der Waals surface area contributed by atoms with Crippen LogP contribution >= 0.6 is 23.1 Å². The van der Waals surface area contributed by atoms with Crippen LogP contribution in [0.15, 0.2) is 70.2 Å². The molecular weight excluding hydrogens is 522 g/mol. The van der Waals surface area contributed by atoms with Crippen LogP contribution in [0.3, 0.4) is 0 Å². The highest BCUT2D eigenvalue weighted by Gasteiger charge is 2.33. The molecule has 0 saturated heterocycles. The van der Waals surface area contributed by atoms with Crippen LogP contribution in [0, 0.1) is 0 Å². The van der Waals surface area contributed by atoms with E-state index in [0.29, 0.717) is 28.6 Å². The molecule has 0 fully saturated rings. The van der Waals surface area contributed by atoms with Gasteiger partial charge < -0.3 is 19.7 Å². The molecule has 2 heterocycles. The number of thiophene rings is 1. The van der Waals surface area contributed by atoms with E-state index < -0.39 is 17.2 Å². The number of carbonyl (C=O) groups is 2. The first-order valence-corrected chi connectivity index (χ1v) is 14.1. The zero-order valence-electron chi connectivity index (χ0n) is 21.0. The number of hydrogen-bond acceptors (Lipinski definition) is 8. The summed E-state index contributed by atoms with van der Waals surface area (Å²) in [6, 6.07) is 19.5. The zero-order chi connectivity index (χ0) is 26.6. The van der Waals surface area contributed by atoms with E-state index in [0.717, 1.165) is 41.5 Å². The van der Waals surface area contributed by atoms with E-state index in [1.807, 2.05) is 43.3 Å². The molecule has 2 unspecified atom stereocenters. The summed E-state index contributed by atoms with van der Waals surface area (Å²) in [5, 5.41) is 19.4. The monoisotopic (exact) mass is 549 g/mol. The Kier molecular flexibility index (Phi) is 7.80. The first kappa shape index (κ1) is 26.0. The van der Waals surface area contributed by atoms with Gasteiger partial charge >= 0.3 is 5.97 Å². The van der Waals surface area contributed by atoms with Crippen molar-refractivity contribution in [2.75, 3.05) is 12.4 Å². The number of esters is 1. The lowest BCUT2D eigenvalue weighted by Gasteiger charge is -2.22. The van der Waals surface area contributed by atoms with E-state index in [9.17, 15) is 14.7 Å². The fraction of sp³-hybridized carbons (Fsp3) is 0.286. The number of rotatable bonds is 8. The number of aromatic nitrogens is 2. The number of benzene rings is 2. The second kappa shape index (κ2) is 11.4. The number of anilines is 1. The lowest BCUT2D eigenvalue weighted by molar-refractivity contribution is -0.705. The van der Waals surface area contributed by atoms with E-state index >= 15 is 0 Å². The molecule has 10 heteroatoms. The van der Waals surface area contributed by atoms with Gasteiger partial charge in [0.2, 0.25) is 11.6 Å². The molecule has 1 N–H and O–H groups in total. The van der Waals surface area contributed by atoms with Crippen molar-refractivity contribution in [3.8, 4) is 11.6 Å². The van der Waals surface area contributed by atoms with Crippen molar-refractivity contribution in [2.24, 2.45) is 0 Å². The first-order valence-electron chi connectivity index (χ1n) is 12.4. The van der Waals surface area contributed by atoms with Gasteiger partial charge in [0.15, 0.2) is 5.95 Å². The minimum atomic E-state index is -0.612. The Bertz CT molecular complexity index is 1440. The lowest BCUT2D eigenvalue weighted by atomic mass is 9.83. The van der Waals surface area contributed by atoms with E-state index in [-0.39, 0.29) is 10.9 Å². The molecule has 1 aliphatic rings. The molecule has 2 aromatic carbocycles. The van der Waals surface area contributed by atoms with Crippen molar-refractivity contribution < 1.29 is 28.6 Å². The van der Waals surface area contributed by atoms with Gasteiger partial charge in [-0.2, -0.15) is 0 Å². The van der Waals surface area contributed by atoms with Crippen molar-refractivity contribution in [1.82, 2.24) is 5.27 Å². The lowest BCUT2D eigenvalue weighted by Crippen LogP contribution is -2.36. The Morgan fingerprint density at radius 1 is 1.21 bits per heavy atom. The molecule has 0 radical (unpaired) electrons. The highest BCUT2D eigenvalue weighted by Crippen LogP contribution is 2.43.